The molecule has 0 radical (unpaired) electrons. The number of aromatic nitrogens is 1. The van der Waals surface area contributed by atoms with E-state index in [1.807, 2.05) is 0 Å². The van der Waals surface area contributed by atoms with Gasteiger partial charge < -0.3 is 14.6 Å². The SMILES string of the molecule is CCOC(=O)c1cc(O)c2ccc(OC)cc2n1. The molecule has 0 bridgehead atoms. The summed E-state index contributed by atoms with van der Waals surface area (Å²) in [4.78, 5) is 15.7. The molecule has 0 aliphatic carbocycles. The summed E-state index contributed by atoms with van der Waals surface area (Å²) < 4.78 is 9.92. The van der Waals surface area contributed by atoms with Crippen molar-refractivity contribution in [3.63, 3.8) is 0 Å². The number of esters is 1. The van der Waals surface area contributed by atoms with Gasteiger partial charge in [-0.05, 0) is 19.1 Å². The Kier molecular flexibility index (Phi) is 3.32. The first kappa shape index (κ1) is 12.2. The number of carbonyl (C=O) groups excluding carboxylic acids is 1. The fraction of sp³-hybridized carbons (Fsp3) is 0.231. The molecular formula is C13H13NO4. The van der Waals surface area contributed by atoms with Gasteiger partial charge in [0.1, 0.15) is 11.5 Å². The molecule has 18 heavy (non-hydrogen) atoms. The van der Waals surface area contributed by atoms with E-state index in [1.54, 1.807) is 25.1 Å². The predicted molar refractivity (Wildman–Crippen MR) is 65.9 cm³/mol. The van der Waals surface area contributed by atoms with Crippen LogP contribution in [-0.2, 0) is 4.74 Å². The fourth-order valence-electron chi connectivity index (χ4n) is 1.63. The Morgan fingerprint density at radius 1 is 1.39 bits per heavy atom. The normalized spacial score (nSPS) is 10.3. The number of hydrogen-bond acceptors (Lipinski definition) is 5. The van der Waals surface area contributed by atoms with Crippen molar-refractivity contribution in [1.29, 1.82) is 0 Å². The van der Waals surface area contributed by atoms with Gasteiger partial charge in [0.15, 0.2) is 5.69 Å². The maximum Gasteiger partial charge on any atom is 0.357 e. The molecule has 0 atom stereocenters. The number of rotatable bonds is 3. The first-order chi connectivity index (χ1) is 8.65. The molecule has 5 nitrogen and oxygen atoms in total. The van der Waals surface area contributed by atoms with Crippen molar-refractivity contribution in [2.45, 2.75) is 6.92 Å². The molecular weight excluding hydrogens is 234 g/mol. The van der Waals surface area contributed by atoms with Gasteiger partial charge in [0.25, 0.3) is 0 Å². The third-order valence-corrected chi connectivity index (χ3v) is 2.48. The average molecular weight is 247 g/mol. The summed E-state index contributed by atoms with van der Waals surface area (Å²) in [5.41, 5.74) is 0.563. The summed E-state index contributed by atoms with van der Waals surface area (Å²) in [7, 11) is 1.54. The van der Waals surface area contributed by atoms with Gasteiger partial charge in [-0.15, -0.1) is 0 Å². The molecule has 94 valence electrons. The Morgan fingerprint density at radius 2 is 2.17 bits per heavy atom. The molecule has 0 fully saturated rings. The molecule has 5 heteroatoms. The lowest BCUT2D eigenvalue weighted by molar-refractivity contribution is 0.0519. The van der Waals surface area contributed by atoms with Crippen molar-refractivity contribution in [3.8, 4) is 11.5 Å². The average Bonchev–Trinajstić information content (AvgIpc) is 2.38. The third-order valence-electron chi connectivity index (χ3n) is 2.48. The van der Waals surface area contributed by atoms with Crippen LogP contribution >= 0.6 is 0 Å². The highest BCUT2D eigenvalue weighted by atomic mass is 16.5. The van der Waals surface area contributed by atoms with Gasteiger partial charge in [0.2, 0.25) is 0 Å². The van der Waals surface area contributed by atoms with E-state index >= 15 is 0 Å². The van der Waals surface area contributed by atoms with Crippen molar-refractivity contribution < 1.29 is 19.4 Å². The molecule has 0 amide bonds. The van der Waals surface area contributed by atoms with E-state index in [0.29, 0.717) is 16.7 Å². The number of fused-ring (bicyclic) bond motifs is 1. The summed E-state index contributed by atoms with van der Waals surface area (Å²) in [6.07, 6.45) is 0. The minimum Gasteiger partial charge on any atom is -0.507 e. The molecule has 1 aromatic heterocycles. The van der Waals surface area contributed by atoms with Gasteiger partial charge >= 0.3 is 5.97 Å². The maximum atomic E-state index is 11.6. The first-order valence-electron chi connectivity index (χ1n) is 5.50. The number of pyridine rings is 1. The Morgan fingerprint density at radius 3 is 2.83 bits per heavy atom. The van der Waals surface area contributed by atoms with Crippen molar-refractivity contribution in [2.75, 3.05) is 13.7 Å². The Hall–Kier alpha value is -2.30. The van der Waals surface area contributed by atoms with Crippen molar-refractivity contribution in [3.05, 3.63) is 30.0 Å². The zero-order valence-corrected chi connectivity index (χ0v) is 10.1. The van der Waals surface area contributed by atoms with Gasteiger partial charge in [0, 0.05) is 17.5 Å². The monoisotopic (exact) mass is 247 g/mol. The van der Waals surface area contributed by atoms with Crippen LogP contribution in [0, 0.1) is 0 Å². The van der Waals surface area contributed by atoms with Crippen LogP contribution in [0.1, 0.15) is 17.4 Å². The molecule has 2 rings (SSSR count). The smallest absolute Gasteiger partial charge is 0.357 e. The van der Waals surface area contributed by atoms with Gasteiger partial charge in [0.05, 0.1) is 19.2 Å². The number of aromatic hydroxyl groups is 1. The van der Waals surface area contributed by atoms with E-state index in [2.05, 4.69) is 4.98 Å². The van der Waals surface area contributed by atoms with E-state index in [4.69, 9.17) is 9.47 Å². The van der Waals surface area contributed by atoms with Crippen molar-refractivity contribution in [1.82, 2.24) is 4.98 Å². The molecule has 0 saturated carbocycles. The molecule has 0 aliphatic heterocycles. The summed E-state index contributed by atoms with van der Waals surface area (Å²) >= 11 is 0. The molecule has 2 aromatic rings. The van der Waals surface area contributed by atoms with E-state index in [9.17, 15) is 9.90 Å². The highest BCUT2D eigenvalue weighted by Crippen LogP contribution is 2.27. The maximum absolute atomic E-state index is 11.6. The van der Waals surface area contributed by atoms with Crippen molar-refractivity contribution >= 4 is 16.9 Å². The van der Waals surface area contributed by atoms with Crippen LogP contribution in [-0.4, -0.2) is 29.8 Å². The summed E-state index contributed by atoms with van der Waals surface area (Å²) in [5, 5.41) is 10.4. The number of benzene rings is 1. The highest BCUT2D eigenvalue weighted by molar-refractivity contribution is 5.94. The Bertz CT molecular complexity index is 595. The summed E-state index contributed by atoms with van der Waals surface area (Å²) in [6, 6.07) is 6.35. The Balaban J connectivity index is 2.55. The van der Waals surface area contributed by atoms with Crippen LogP contribution in [0.5, 0.6) is 11.5 Å². The summed E-state index contributed by atoms with van der Waals surface area (Å²) in [6.45, 7) is 1.97. The lowest BCUT2D eigenvalue weighted by Crippen LogP contribution is -2.07. The molecule has 1 N–H and O–H groups in total. The molecule has 0 unspecified atom stereocenters. The van der Waals surface area contributed by atoms with Gasteiger partial charge in [-0.1, -0.05) is 0 Å². The van der Waals surface area contributed by atoms with E-state index in [1.165, 1.54) is 13.2 Å². The van der Waals surface area contributed by atoms with E-state index in [-0.39, 0.29) is 18.1 Å². The topological polar surface area (TPSA) is 68.7 Å². The minimum atomic E-state index is -0.558. The Labute approximate surface area is 104 Å². The standard InChI is InChI=1S/C13H13NO4/c1-3-18-13(16)11-7-12(15)9-5-4-8(17-2)6-10(9)14-11/h4-7H,3H2,1-2H3,(H,14,15). The minimum absolute atomic E-state index is 0.00861. The van der Waals surface area contributed by atoms with Gasteiger partial charge in [-0.3, -0.25) is 0 Å². The fourth-order valence-corrected chi connectivity index (χ4v) is 1.63. The number of methoxy groups -OCH3 is 1. The van der Waals surface area contributed by atoms with Crippen LogP contribution in [0.3, 0.4) is 0 Å². The molecule has 1 aromatic carbocycles. The molecule has 0 saturated heterocycles. The van der Waals surface area contributed by atoms with Crippen molar-refractivity contribution in [2.24, 2.45) is 0 Å². The van der Waals surface area contributed by atoms with E-state index < -0.39 is 5.97 Å². The zero-order valence-electron chi connectivity index (χ0n) is 10.1. The number of carbonyl (C=O) groups is 1. The molecule has 1 heterocycles. The lowest BCUT2D eigenvalue weighted by Gasteiger charge is -2.06. The number of hydrogen-bond donors (Lipinski definition) is 1. The quantitative estimate of drug-likeness (QED) is 0.841. The second-order valence-electron chi connectivity index (χ2n) is 3.63. The highest BCUT2D eigenvalue weighted by Gasteiger charge is 2.12. The first-order valence-corrected chi connectivity index (χ1v) is 5.50. The third kappa shape index (κ3) is 2.20. The summed E-state index contributed by atoms with van der Waals surface area (Å²) in [5.74, 6) is 0.0404. The largest absolute Gasteiger partial charge is 0.507 e. The number of nitrogens with zero attached hydrogens (tertiary/aromatic N) is 1. The predicted octanol–water partition coefficient (Wildman–Crippen LogP) is 2.13. The van der Waals surface area contributed by atoms with Crippen LogP contribution in [0.15, 0.2) is 24.3 Å². The second kappa shape index (κ2) is 4.91. The zero-order chi connectivity index (χ0) is 13.1. The van der Waals surface area contributed by atoms with Gasteiger partial charge in [-0.2, -0.15) is 0 Å². The van der Waals surface area contributed by atoms with Crippen LogP contribution < -0.4 is 4.74 Å². The number of ether oxygens (including phenoxy) is 2. The van der Waals surface area contributed by atoms with Gasteiger partial charge in [-0.25, -0.2) is 9.78 Å². The van der Waals surface area contributed by atoms with Crippen LogP contribution in [0.25, 0.3) is 10.9 Å². The van der Waals surface area contributed by atoms with E-state index in [0.717, 1.165) is 0 Å². The molecule has 0 spiro atoms. The second-order valence-corrected chi connectivity index (χ2v) is 3.63. The van der Waals surface area contributed by atoms with Crippen LogP contribution in [0.4, 0.5) is 0 Å². The van der Waals surface area contributed by atoms with Crippen LogP contribution in [0.2, 0.25) is 0 Å². The lowest BCUT2D eigenvalue weighted by atomic mass is 10.1. The molecule has 0 aliphatic rings.